The SMILES string of the molecule is CCCC(O)CCc1c(Br)nnn1C. The van der Waals surface area contributed by atoms with E-state index >= 15 is 0 Å². The Bertz CT molecular complexity index is 268. The van der Waals surface area contributed by atoms with Crippen LogP contribution in [0.2, 0.25) is 0 Å². The maximum absolute atomic E-state index is 9.56. The van der Waals surface area contributed by atoms with Gasteiger partial charge < -0.3 is 5.11 Å². The van der Waals surface area contributed by atoms with Crippen LogP contribution in [0.25, 0.3) is 0 Å². The number of rotatable bonds is 5. The predicted molar refractivity (Wildman–Crippen MR) is 57.9 cm³/mol. The van der Waals surface area contributed by atoms with Gasteiger partial charge >= 0.3 is 0 Å². The van der Waals surface area contributed by atoms with E-state index in [9.17, 15) is 5.11 Å². The van der Waals surface area contributed by atoms with Gasteiger partial charge in [0.05, 0.1) is 11.8 Å². The average Bonchev–Trinajstić information content (AvgIpc) is 2.44. The molecule has 0 saturated heterocycles. The third kappa shape index (κ3) is 3.06. The van der Waals surface area contributed by atoms with Crippen LogP contribution >= 0.6 is 15.9 Å². The first-order valence-corrected chi connectivity index (χ1v) is 5.66. The summed E-state index contributed by atoms with van der Waals surface area (Å²) in [5.74, 6) is 0. The fourth-order valence-electron chi connectivity index (χ4n) is 1.40. The molecule has 0 aliphatic rings. The average molecular weight is 262 g/mol. The Hall–Kier alpha value is -0.420. The molecule has 1 aromatic heterocycles. The summed E-state index contributed by atoms with van der Waals surface area (Å²) in [7, 11) is 1.86. The summed E-state index contributed by atoms with van der Waals surface area (Å²) in [6.45, 7) is 2.07. The van der Waals surface area contributed by atoms with Crippen LogP contribution < -0.4 is 0 Å². The second kappa shape index (κ2) is 5.46. The highest BCUT2D eigenvalue weighted by Gasteiger charge is 2.10. The maximum atomic E-state index is 9.56. The molecule has 0 spiro atoms. The smallest absolute Gasteiger partial charge is 0.151 e. The summed E-state index contributed by atoms with van der Waals surface area (Å²) in [6.07, 6.45) is 3.26. The van der Waals surface area contributed by atoms with Gasteiger partial charge in [0.1, 0.15) is 0 Å². The number of aliphatic hydroxyl groups excluding tert-OH is 1. The number of nitrogens with zero attached hydrogens (tertiary/aromatic N) is 3. The van der Waals surface area contributed by atoms with Gasteiger partial charge in [-0.25, -0.2) is 0 Å². The van der Waals surface area contributed by atoms with Crippen molar-refractivity contribution in [3.8, 4) is 0 Å². The Balaban J connectivity index is 2.45. The van der Waals surface area contributed by atoms with Crippen molar-refractivity contribution in [2.75, 3.05) is 0 Å². The lowest BCUT2D eigenvalue weighted by molar-refractivity contribution is 0.153. The van der Waals surface area contributed by atoms with E-state index in [1.807, 2.05) is 7.05 Å². The largest absolute Gasteiger partial charge is 0.393 e. The molecule has 80 valence electrons. The summed E-state index contributed by atoms with van der Waals surface area (Å²) < 4.78 is 2.52. The van der Waals surface area contributed by atoms with Crippen LogP contribution in [0.4, 0.5) is 0 Å². The number of halogens is 1. The topological polar surface area (TPSA) is 50.9 Å². The van der Waals surface area contributed by atoms with Crippen molar-refractivity contribution >= 4 is 15.9 Å². The van der Waals surface area contributed by atoms with Crippen molar-refractivity contribution < 1.29 is 5.11 Å². The molecule has 1 atom stereocenters. The van der Waals surface area contributed by atoms with E-state index in [2.05, 4.69) is 33.2 Å². The molecule has 0 aliphatic carbocycles. The Kier molecular flexibility index (Phi) is 4.54. The summed E-state index contributed by atoms with van der Waals surface area (Å²) in [4.78, 5) is 0. The van der Waals surface area contributed by atoms with Gasteiger partial charge in [0.15, 0.2) is 4.60 Å². The fraction of sp³-hybridized carbons (Fsp3) is 0.778. The van der Waals surface area contributed by atoms with E-state index in [0.717, 1.165) is 36.0 Å². The van der Waals surface area contributed by atoms with Crippen LogP contribution in [-0.4, -0.2) is 26.2 Å². The summed E-state index contributed by atoms with van der Waals surface area (Å²) in [5.41, 5.74) is 1.04. The van der Waals surface area contributed by atoms with Crippen molar-refractivity contribution in [1.29, 1.82) is 0 Å². The standard InChI is InChI=1S/C9H16BrN3O/c1-3-4-7(14)5-6-8-9(10)11-12-13(8)2/h7,14H,3-6H2,1-2H3. The maximum Gasteiger partial charge on any atom is 0.151 e. The Morgan fingerprint density at radius 1 is 1.50 bits per heavy atom. The molecule has 4 nitrogen and oxygen atoms in total. The monoisotopic (exact) mass is 261 g/mol. The molecule has 1 aromatic rings. The Labute approximate surface area is 92.4 Å². The lowest BCUT2D eigenvalue weighted by atomic mass is 10.1. The van der Waals surface area contributed by atoms with Gasteiger partial charge in [0, 0.05) is 7.05 Å². The van der Waals surface area contributed by atoms with Gasteiger partial charge in [-0.1, -0.05) is 18.6 Å². The van der Waals surface area contributed by atoms with Crippen LogP contribution in [-0.2, 0) is 13.5 Å². The van der Waals surface area contributed by atoms with E-state index in [1.54, 1.807) is 4.68 Å². The quantitative estimate of drug-likeness (QED) is 0.878. The van der Waals surface area contributed by atoms with Gasteiger partial charge in [-0.3, -0.25) is 4.68 Å². The minimum atomic E-state index is -0.207. The number of aliphatic hydroxyl groups is 1. The van der Waals surface area contributed by atoms with Crippen LogP contribution in [0.3, 0.4) is 0 Å². The normalized spacial score (nSPS) is 13.1. The molecule has 0 fully saturated rings. The van der Waals surface area contributed by atoms with Crippen molar-refractivity contribution in [2.24, 2.45) is 7.05 Å². The van der Waals surface area contributed by atoms with Gasteiger partial charge in [0.25, 0.3) is 0 Å². The van der Waals surface area contributed by atoms with E-state index in [0.29, 0.717) is 0 Å². The number of aryl methyl sites for hydroxylation is 1. The molecule has 0 saturated carbocycles. The van der Waals surface area contributed by atoms with Gasteiger partial charge in [-0.05, 0) is 35.2 Å². The minimum absolute atomic E-state index is 0.207. The first-order valence-electron chi connectivity index (χ1n) is 4.87. The molecule has 5 heteroatoms. The molecule has 1 N–H and O–H groups in total. The molecule has 0 radical (unpaired) electrons. The summed E-state index contributed by atoms with van der Waals surface area (Å²) in [5, 5.41) is 17.3. The summed E-state index contributed by atoms with van der Waals surface area (Å²) in [6, 6.07) is 0. The Morgan fingerprint density at radius 3 is 2.71 bits per heavy atom. The highest BCUT2D eigenvalue weighted by atomic mass is 79.9. The lowest BCUT2D eigenvalue weighted by Crippen LogP contribution is -2.09. The highest BCUT2D eigenvalue weighted by Crippen LogP contribution is 2.15. The Morgan fingerprint density at radius 2 is 2.21 bits per heavy atom. The minimum Gasteiger partial charge on any atom is -0.393 e. The van der Waals surface area contributed by atoms with Crippen LogP contribution in [0.5, 0.6) is 0 Å². The van der Waals surface area contributed by atoms with Crippen LogP contribution in [0.15, 0.2) is 4.60 Å². The van der Waals surface area contributed by atoms with E-state index in [4.69, 9.17) is 0 Å². The highest BCUT2D eigenvalue weighted by molar-refractivity contribution is 9.10. The van der Waals surface area contributed by atoms with Gasteiger partial charge in [-0.2, -0.15) is 0 Å². The first kappa shape index (κ1) is 11.7. The van der Waals surface area contributed by atoms with E-state index in [-0.39, 0.29) is 6.10 Å². The van der Waals surface area contributed by atoms with Crippen molar-refractivity contribution in [3.05, 3.63) is 10.3 Å². The third-order valence-electron chi connectivity index (χ3n) is 2.23. The number of hydrogen-bond donors (Lipinski definition) is 1. The van der Waals surface area contributed by atoms with E-state index < -0.39 is 0 Å². The molecule has 0 aromatic carbocycles. The van der Waals surface area contributed by atoms with Crippen LogP contribution in [0, 0.1) is 0 Å². The molecular formula is C9H16BrN3O. The van der Waals surface area contributed by atoms with Crippen LogP contribution in [0.1, 0.15) is 31.9 Å². The van der Waals surface area contributed by atoms with Gasteiger partial charge in [-0.15, -0.1) is 5.10 Å². The molecule has 0 aliphatic heterocycles. The molecule has 1 unspecified atom stereocenters. The number of hydrogen-bond acceptors (Lipinski definition) is 3. The lowest BCUT2D eigenvalue weighted by Gasteiger charge is -2.08. The fourth-order valence-corrected chi connectivity index (χ4v) is 1.92. The molecule has 14 heavy (non-hydrogen) atoms. The predicted octanol–water partition coefficient (Wildman–Crippen LogP) is 1.67. The summed E-state index contributed by atoms with van der Waals surface area (Å²) >= 11 is 3.33. The second-order valence-electron chi connectivity index (χ2n) is 3.43. The molecule has 1 rings (SSSR count). The molecular weight excluding hydrogens is 246 g/mol. The molecule has 0 bridgehead atoms. The zero-order chi connectivity index (χ0) is 10.6. The zero-order valence-corrected chi connectivity index (χ0v) is 10.2. The van der Waals surface area contributed by atoms with Gasteiger partial charge in [0.2, 0.25) is 0 Å². The first-order chi connectivity index (χ1) is 6.65. The zero-order valence-electron chi connectivity index (χ0n) is 8.57. The van der Waals surface area contributed by atoms with Crippen molar-refractivity contribution in [2.45, 2.75) is 38.7 Å². The molecule has 1 heterocycles. The van der Waals surface area contributed by atoms with E-state index in [1.165, 1.54) is 0 Å². The molecule has 0 amide bonds. The number of aromatic nitrogens is 3. The van der Waals surface area contributed by atoms with Crippen molar-refractivity contribution in [3.63, 3.8) is 0 Å². The third-order valence-corrected chi connectivity index (χ3v) is 2.85. The van der Waals surface area contributed by atoms with Crippen molar-refractivity contribution in [1.82, 2.24) is 15.0 Å². The second-order valence-corrected chi connectivity index (χ2v) is 4.18.